The molecule has 10 aromatic carbocycles. The van der Waals surface area contributed by atoms with Gasteiger partial charge in [0.15, 0.2) is 0 Å². The van der Waals surface area contributed by atoms with E-state index in [1.54, 1.807) is 0 Å². The molecule has 0 spiro atoms. The van der Waals surface area contributed by atoms with Crippen LogP contribution in [0.15, 0.2) is 212 Å². The minimum atomic E-state index is -1.90. The summed E-state index contributed by atoms with van der Waals surface area (Å²) >= 11 is 0. The van der Waals surface area contributed by atoms with Crippen LogP contribution in [-0.2, 0) is 0 Å². The predicted molar refractivity (Wildman–Crippen MR) is 246 cm³/mol. The zero-order valence-corrected chi connectivity index (χ0v) is 35.5. The molecule has 0 radical (unpaired) electrons. The van der Waals surface area contributed by atoms with Crippen LogP contribution in [0.2, 0.25) is 0 Å². The van der Waals surface area contributed by atoms with Gasteiger partial charge in [-0.3, -0.25) is 0 Å². The second kappa shape index (κ2) is 16.4. The molecule has 0 amide bonds. The molecule has 1 nitrogen and oxygen atoms in total. The number of benzene rings is 10. The van der Waals surface area contributed by atoms with Gasteiger partial charge in [0.25, 0.3) is 0 Å². The second-order valence-electron chi connectivity index (χ2n) is 14.5. The first-order valence-corrected chi connectivity index (χ1v) is 22.8. The first-order chi connectivity index (χ1) is 27.8. The lowest BCUT2D eigenvalue weighted by atomic mass is 9.90. The van der Waals surface area contributed by atoms with E-state index in [1.807, 2.05) is 0 Å². The van der Waals surface area contributed by atoms with Crippen molar-refractivity contribution in [2.45, 2.75) is 6.42 Å². The predicted octanol–water partition coefficient (Wildman–Crippen LogP) is 8.26. The third-order valence-electron chi connectivity index (χ3n) is 11.4. The van der Waals surface area contributed by atoms with Gasteiger partial charge in [-0.25, -0.2) is 0 Å². The fourth-order valence-corrected chi connectivity index (χ4v) is 15.6. The molecule has 0 N–H and O–H groups in total. The van der Waals surface area contributed by atoms with E-state index in [0.717, 1.165) is 18.3 Å². The van der Waals surface area contributed by atoms with Gasteiger partial charge < -0.3 is 28.7 Å². The first kappa shape index (κ1) is 37.5. The Morgan fingerprint density at radius 3 is 1.40 bits per heavy atom. The molecule has 10 aromatic rings. The number of ether oxygens (including phenoxy) is 1. The lowest BCUT2D eigenvalue weighted by molar-refractivity contribution is -0.0000108. The van der Waals surface area contributed by atoms with Crippen LogP contribution in [0.4, 0.5) is 0 Å². The van der Waals surface area contributed by atoms with E-state index in [4.69, 9.17) is 4.74 Å². The van der Waals surface area contributed by atoms with E-state index in [-0.39, 0.29) is 24.0 Å². The van der Waals surface area contributed by atoms with Crippen LogP contribution in [0, 0.1) is 0 Å². The highest BCUT2D eigenvalue weighted by atomic mass is 127. The number of hydrogen-bond acceptors (Lipinski definition) is 1. The molecule has 0 fully saturated rings. The molecule has 4 heteroatoms. The monoisotopic (exact) mass is 882 g/mol. The molecule has 0 saturated carbocycles. The Labute approximate surface area is 353 Å². The summed E-state index contributed by atoms with van der Waals surface area (Å²) in [6.45, 7) is 0.657. The normalized spacial score (nSPS) is 12.2. The van der Waals surface area contributed by atoms with Crippen LogP contribution >= 0.6 is 15.2 Å². The van der Waals surface area contributed by atoms with E-state index < -0.39 is 15.2 Å². The van der Waals surface area contributed by atoms with Gasteiger partial charge in [-0.2, -0.15) is 0 Å². The van der Waals surface area contributed by atoms with Crippen LogP contribution in [0.25, 0.3) is 43.1 Å². The maximum atomic E-state index is 6.56. The Kier molecular flexibility index (Phi) is 10.8. The molecule has 1 unspecified atom stereocenters. The fraction of sp³-hybridized carbons (Fsp3) is 0.0566. The van der Waals surface area contributed by atoms with Gasteiger partial charge in [0.1, 0.15) is 28.9 Å². The van der Waals surface area contributed by atoms with Crippen LogP contribution in [0.1, 0.15) is 6.42 Å². The van der Waals surface area contributed by atoms with Gasteiger partial charge in [-0.1, -0.05) is 164 Å². The van der Waals surface area contributed by atoms with Crippen molar-refractivity contribution in [3.63, 3.8) is 0 Å². The van der Waals surface area contributed by atoms with Crippen molar-refractivity contribution >= 4 is 90.1 Å². The number of halogens is 1. The summed E-state index contributed by atoms with van der Waals surface area (Å²) in [6, 6.07) is 78.5. The molecule has 1 atom stereocenters. The van der Waals surface area contributed by atoms with E-state index in [9.17, 15) is 0 Å². The Balaban J connectivity index is 0.00000422. The molecule has 0 bridgehead atoms. The van der Waals surface area contributed by atoms with Crippen molar-refractivity contribution in [2.24, 2.45) is 0 Å². The number of rotatable bonds is 11. The highest BCUT2D eigenvalue weighted by Gasteiger charge is 2.44. The molecule has 0 heterocycles. The maximum absolute atomic E-state index is 6.56. The molecular weight excluding hydrogens is 841 g/mol. The molecule has 276 valence electrons. The smallest absolute Gasteiger partial charge is 0.119 e. The molecule has 0 saturated heterocycles. The van der Waals surface area contributed by atoms with Gasteiger partial charge in [-0.05, 0) is 115 Å². The molecule has 0 aliphatic carbocycles. The summed E-state index contributed by atoms with van der Waals surface area (Å²) < 4.78 is 6.56. The van der Waals surface area contributed by atoms with E-state index >= 15 is 0 Å². The van der Waals surface area contributed by atoms with Crippen molar-refractivity contribution in [1.82, 2.24) is 0 Å². The Morgan fingerprint density at radius 2 is 0.842 bits per heavy atom. The van der Waals surface area contributed by atoms with Gasteiger partial charge in [0.2, 0.25) is 0 Å². The summed E-state index contributed by atoms with van der Waals surface area (Å²) in [4.78, 5) is 0. The van der Waals surface area contributed by atoms with Gasteiger partial charge in [-0.15, -0.1) is 0 Å². The number of fused-ring (bicyclic) bond motifs is 2. The second-order valence-corrected chi connectivity index (χ2v) is 20.3. The van der Waals surface area contributed by atoms with E-state index in [0.29, 0.717) is 6.61 Å². The summed E-state index contributed by atoms with van der Waals surface area (Å²) in [7, 11) is -2.73. The average Bonchev–Trinajstić information content (AvgIpc) is 3.28. The highest BCUT2D eigenvalue weighted by Crippen LogP contribution is 2.55. The topological polar surface area (TPSA) is 9.23 Å². The van der Waals surface area contributed by atoms with Crippen molar-refractivity contribution in [3.8, 4) is 5.75 Å². The van der Waals surface area contributed by atoms with Gasteiger partial charge >= 0.3 is 0 Å². The van der Waals surface area contributed by atoms with Crippen molar-refractivity contribution in [1.29, 1.82) is 0 Å². The van der Waals surface area contributed by atoms with Crippen LogP contribution in [-0.4, -0.2) is 12.8 Å². The third-order valence-corrected chi connectivity index (χ3v) is 18.4. The van der Waals surface area contributed by atoms with Crippen molar-refractivity contribution in [2.75, 3.05) is 12.8 Å². The lowest BCUT2D eigenvalue weighted by Crippen LogP contribution is -3.00. The summed E-state index contributed by atoms with van der Waals surface area (Å²) in [5.41, 5.74) is 0. The zero-order valence-electron chi connectivity index (χ0n) is 31.5. The number of hydrogen-bond donors (Lipinski definition) is 0. The maximum Gasteiger partial charge on any atom is 0.119 e. The SMILES string of the molecule is [I-].c1ccc(P(c2ccc(OCCC[P+](c3ccccc3)(c3ccccc3)c3ccccc3)cc2)c2ccc3c4cccc5cccc(c6cccc2c63)c54)cc1. The summed E-state index contributed by atoms with van der Waals surface area (Å²) in [6.07, 6.45) is 1.98. The molecular formula is C53H41IOP2. The first-order valence-electron chi connectivity index (χ1n) is 19.5. The summed E-state index contributed by atoms with van der Waals surface area (Å²) in [5, 5.41) is 19.0. The molecule has 10 rings (SSSR count). The Hall–Kier alpha value is -5.11. The summed E-state index contributed by atoms with van der Waals surface area (Å²) in [5.74, 6) is 0.918. The highest BCUT2D eigenvalue weighted by molar-refractivity contribution is 7.95. The standard InChI is InChI=1S/C53H41OP2.HI/c1-5-19-41(20-6-1)55(51-36-35-49-47-28-14-18-39-17-13-27-46(52(39)47)48-29-15-30-50(51)53(48)49)42-33-31-40(32-34-42)54-37-16-38-56(43-21-7-2-8-22-43,44-23-9-3-10-24-44)45-25-11-4-12-26-45;/h1-15,17-36H,16,37-38H2;1H/q+1;/p-1. The van der Waals surface area contributed by atoms with E-state index in [1.165, 1.54) is 74.9 Å². The Bertz CT molecular complexity index is 2750. The largest absolute Gasteiger partial charge is 1.00 e. The molecule has 0 aromatic heterocycles. The van der Waals surface area contributed by atoms with Gasteiger partial charge in [0, 0.05) is 6.42 Å². The minimum absolute atomic E-state index is 0. The molecule has 57 heavy (non-hydrogen) atoms. The lowest BCUT2D eigenvalue weighted by Gasteiger charge is -2.27. The van der Waals surface area contributed by atoms with Gasteiger partial charge in [0.05, 0.1) is 12.8 Å². The van der Waals surface area contributed by atoms with Crippen molar-refractivity contribution < 1.29 is 28.7 Å². The third kappa shape index (κ3) is 6.79. The van der Waals surface area contributed by atoms with Crippen LogP contribution in [0.5, 0.6) is 5.75 Å². The van der Waals surface area contributed by atoms with Crippen molar-refractivity contribution in [3.05, 3.63) is 212 Å². The van der Waals surface area contributed by atoms with Crippen LogP contribution < -0.4 is 60.5 Å². The molecule has 0 aliphatic rings. The molecule has 0 aliphatic heterocycles. The quantitative estimate of drug-likeness (QED) is 0.0419. The minimum Gasteiger partial charge on any atom is -1.00 e. The fourth-order valence-electron chi connectivity index (χ4n) is 8.89. The van der Waals surface area contributed by atoms with Crippen LogP contribution in [0.3, 0.4) is 0 Å². The van der Waals surface area contributed by atoms with E-state index in [2.05, 4.69) is 212 Å². The zero-order chi connectivity index (χ0) is 37.3. The average molecular weight is 883 g/mol. The Morgan fingerprint density at radius 1 is 0.386 bits per heavy atom.